The van der Waals surface area contributed by atoms with Gasteiger partial charge in [-0.1, -0.05) is 12.1 Å². The molecule has 0 aliphatic carbocycles. The maximum absolute atomic E-state index is 5.16. The van der Waals surface area contributed by atoms with E-state index in [9.17, 15) is 0 Å². The smallest absolute Gasteiger partial charge is 0.118 e. The molecular weight excluding hydrogens is 242 g/mol. The van der Waals surface area contributed by atoms with Gasteiger partial charge < -0.3 is 10.1 Å². The lowest BCUT2D eigenvalue weighted by atomic mass is 10.1. The van der Waals surface area contributed by atoms with Gasteiger partial charge in [0.1, 0.15) is 5.75 Å². The molecule has 2 nitrogen and oxygen atoms in total. The van der Waals surface area contributed by atoms with E-state index in [0.717, 1.165) is 18.7 Å². The van der Waals surface area contributed by atoms with E-state index in [1.165, 1.54) is 11.1 Å². The highest BCUT2D eigenvalue weighted by Gasteiger charge is 2.04. The highest BCUT2D eigenvalue weighted by molar-refractivity contribution is 7.07. The third kappa shape index (κ3) is 3.59. The Hall–Kier alpha value is -1.32. The van der Waals surface area contributed by atoms with E-state index in [1.807, 2.05) is 12.1 Å². The minimum atomic E-state index is 0.370. The molecule has 0 fully saturated rings. The lowest BCUT2D eigenvalue weighted by Gasteiger charge is -2.14. The fourth-order valence-corrected chi connectivity index (χ4v) is 2.58. The van der Waals surface area contributed by atoms with E-state index in [2.05, 4.69) is 41.2 Å². The fraction of sp³-hybridized carbons (Fsp3) is 0.333. The van der Waals surface area contributed by atoms with Crippen molar-refractivity contribution in [2.45, 2.75) is 19.4 Å². The van der Waals surface area contributed by atoms with Gasteiger partial charge in [0, 0.05) is 6.04 Å². The van der Waals surface area contributed by atoms with Gasteiger partial charge in [0.05, 0.1) is 7.11 Å². The summed E-state index contributed by atoms with van der Waals surface area (Å²) in [6.45, 7) is 3.19. The molecule has 0 aliphatic heterocycles. The molecule has 0 radical (unpaired) electrons. The number of hydrogen-bond acceptors (Lipinski definition) is 3. The summed E-state index contributed by atoms with van der Waals surface area (Å²) in [6, 6.07) is 10.8. The molecule has 0 spiro atoms. The zero-order chi connectivity index (χ0) is 12.8. The first kappa shape index (κ1) is 13.1. The first-order chi connectivity index (χ1) is 8.79. The van der Waals surface area contributed by atoms with Gasteiger partial charge in [0.2, 0.25) is 0 Å². The average Bonchev–Trinajstić information content (AvgIpc) is 2.92. The summed E-state index contributed by atoms with van der Waals surface area (Å²) in [6.07, 6.45) is 1.09. The number of nitrogens with one attached hydrogen (secondary N) is 1. The van der Waals surface area contributed by atoms with Crippen LogP contribution in [0.15, 0.2) is 41.1 Å². The predicted octanol–water partition coefficient (Wildman–Crippen LogP) is 3.65. The molecule has 0 bridgehead atoms. The van der Waals surface area contributed by atoms with Crippen LogP contribution in [-0.2, 0) is 6.42 Å². The van der Waals surface area contributed by atoms with E-state index in [-0.39, 0.29) is 0 Å². The summed E-state index contributed by atoms with van der Waals surface area (Å²) in [5, 5.41) is 7.87. The van der Waals surface area contributed by atoms with Crippen LogP contribution in [0.1, 0.15) is 24.1 Å². The maximum Gasteiger partial charge on any atom is 0.118 e. The van der Waals surface area contributed by atoms with Crippen LogP contribution in [0.4, 0.5) is 0 Å². The van der Waals surface area contributed by atoms with E-state index in [0.29, 0.717) is 6.04 Å². The molecule has 1 atom stereocenters. The average molecular weight is 261 g/mol. The van der Waals surface area contributed by atoms with Crippen molar-refractivity contribution in [1.29, 1.82) is 0 Å². The fourth-order valence-electron chi connectivity index (χ4n) is 1.88. The second-order valence-electron chi connectivity index (χ2n) is 4.33. The van der Waals surface area contributed by atoms with Gasteiger partial charge >= 0.3 is 0 Å². The molecule has 0 saturated heterocycles. The minimum Gasteiger partial charge on any atom is -0.497 e. The summed E-state index contributed by atoms with van der Waals surface area (Å²) < 4.78 is 5.16. The van der Waals surface area contributed by atoms with Crippen molar-refractivity contribution in [3.63, 3.8) is 0 Å². The largest absolute Gasteiger partial charge is 0.497 e. The summed E-state index contributed by atoms with van der Waals surface area (Å²) in [5.41, 5.74) is 2.70. The topological polar surface area (TPSA) is 21.3 Å². The first-order valence-corrected chi connectivity index (χ1v) is 7.12. The predicted molar refractivity (Wildman–Crippen MR) is 77.4 cm³/mol. The van der Waals surface area contributed by atoms with E-state index in [4.69, 9.17) is 4.74 Å². The Morgan fingerprint density at radius 3 is 2.61 bits per heavy atom. The Morgan fingerprint density at radius 2 is 2.00 bits per heavy atom. The molecule has 1 aromatic heterocycles. The van der Waals surface area contributed by atoms with Crippen molar-refractivity contribution in [1.82, 2.24) is 5.32 Å². The van der Waals surface area contributed by atoms with Gasteiger partial charge in [-0.2, -0.15) is 11.3 Å². The molecule has 1 N–H and O–H groups in total. The van der Waals surface area contributed by atoms with Crippen molar-refractivity contribution in [2.24, 2.45) is 0 Å². The third-order valence-electron chi connectivity index (χ3n) is 3.06. The van der Waals surface area contributed by atoms with Gasteiger partial charge in [0.15, 0.2) is 0 Å². The number of hydrogen-bond donors (Lipinski definition) is 1. The van der Waals surface area contributed by atoms with Crippen molar-refractivity contribution in [3.05, 3.63) is 52.2 Å². The third-order valence-corrected chi connectivity index (χ3v) is 3.79. The van der Waals surface area contributed by atoms with E-state index < -0.39 is 0 Å². The van der Waals surface area contributed by atoms with Crippen LogP contribution in [-0.4, -0.2) is 13.7 Å². The van der Waals surface area contributed by atoms with Crippen LogP contribution in [0.5, 0.6) is 5.75 Å². The Balaban J connectivity index is 1.81. The van der Waals surface area contributed by atoms with E-state index >= 15 is 0 Å². The van der Waals surface area contributed by atoms with Gasteiger partial charge in [-0.3, -0.25) is 0 Å². The molecule has 0 amide bonds. The number of rotatable bonds is 6. The Morgan fingerprint density at radius 1 is 1.22 bits per heavy atom. The zero-order valence-electron chi connectivity index (χ0n) is 10.8. The lowest BCUT2D eigenvalue weighted by molar-refractivity contribution is 0.414. The number of benzene rings is 1. The van der Waals surface area contributed by atoms with Gasteiger partial charge in [-0.05, 0) is 60.0 Å². The number of methoxy groups -OCH3 is 1. The van der Waals surface area contributed by atoms with Crippen LogP contribution >= 0.6 is 11.3 Å². The van der Waals surface area contributed by atoms with Crippen LogP contribution < -0.4 is 10.1 Å². The van der Waals surface area contributed by atoms with Crippen LogP contribution in [0.2, 0.25) is 0 Å². The molecule has 0 aliphatic rings. The van der Waals surface area contributed by atoms with Gasteiger partial charge in [0.25, 0.3) is 0 Å². The standard InChI is InChI=1S/C15H19NOS/c1-12(14-3-5-15(17-2)6-4-14)16-9-7-13-8-10-18-11-13/h3-6,8,10-12,16H,7,9H2,1-2H3/t12-/m1/s1. The highest BCUT2D eigenvalue weighted by Crippen LogP contribution is 2.17. The molecule has 1 heterocycles. The van der Waals surface area contributed by atoms with E-state index in [1.54, 1.807) is 18.4 Å². The minimum absolute atomic E-state index is 0.370. The molecule has 96 valence electrons. The van der Waals surface area contributed by atoms with Gasteiger partial charge in [-0.25, -0.2) is 0 Å². The first-order valence-electron chi connectivity index (χ1n) is 6.18. The monoisotopic (exact) mass is 261 g/mol. The normalized spacial score (nSPS) is 12.3. The molecule has 18 heavy (non-hydrogen) atoms. The summed E-state index contributed by atoms with van der Waals surface area (Å²) in [5.74, 6) is 0.907. The highest BCUT2D eigenvalue weighted by atomic mass is 32.1. The van der Waals surface area contributed by atoms with Crippen molar-refractivity contribution in [2.75, 3.05) is 13.7 Å². The molecule has 2 rings (SSSR count). The summed E-state index contributed by atoms with van der Waals surface area (Å²) in [4.78, 5) is 0. The van der Waals surface area contributed by atoms with Crippen LogP contribution in [0.3, 0.4) is 0 Å². The van der Waals surface area contributed by atoms with Crippen molar-refractivity contribution >= 4 is 11.3 Å². The van der Waals surface area contributed by atoms with Crippen molar-refractivity contribution < 1.29 is 4.74 Å². The quantitative estimate of drug-likeness (QED) is 0.857. The Labute approximate surface area is 113 Å². The molecular formula is C15H19NOS. The summed E-state index contributed by atoms with van der Waals surface area (Å²) in [7, 11) is 1.69. The second-order valence-corrected chi connectivity index (χ2v) is 5.11. The molecule has 3 heteroatoms. The van der Waals surface area contributed by atoms with Crippen LogP contribution in [0, 0.1) is 0 Å². The SMILES string of the molecule is COc1ccc([C@@H](C)NCCc2ccsc2)cc1. The Bertz CT molecular complexity index is 450. The number of thiophene rings is 1. The molecule has 0 unspecified atom stereocenters. The lowest BCUT2D eigenvalue weighted by Crippen LogP contribution is -2.21. The summed E-state index contributed by atoms with van der Waals surface area (Å²) >= 11 is 1.76. The maximum atomic E-state index is 5.16. The van der Waals surface area contributed by atoms with Gasteiger partial charge in [-0.15, -0.1) is 0 Å². The molecule has 0 saturated carbocycles. The van der Waals surface area contributed by atoms with Crippen LogP contribution in [0.25, 0.3) is 0 Å². The second kappa shape index (κ2) is 6.57. The number of ether oxygens (including phenoxy) is 1. The molecule has 2 aromatic rings. The zero-order valence-corrected chi connectivity index (χ0v) is 11.7. The van der Waals surface area contributed by atoms with Crippen molar-refractivity contribution in [3.8, 4) is 5.75 Å². The Kier molecular flexibility index (Phi) is 4.79. The molecule has 1 aromatic carbocycles.